The maximum atomic E-state index is 4.71. The van der Waals surface area contributed by atoms with Crippen molar-refractivity contribution in [2.24, 2.45) is 5.92 Å². The van der Waals surface area contributed by atoms with Crippen LogP contribution in [0, 0.1) is 5.92 Å². The Morgan fingerprint density at radius 3 is 2.60 bits per heavy atom. The zero-order valence-corrected chi connectivity index (χ0v) is 12.8. The Bertz CT molecular complexity index is 421. The van der Waals surface area contributed by atoms with E-state index in [-0.39, 0.29) is 0 Å². The molecule has 0 amide bonds. The third-order valence-corrected chi connectivity index (χ3v) is 5.43. The molecule has 0 saturated heterocycles. The minimum Gasteiger partial charge on any atom is -0.316 e. The highest BCUT2D eigenvalue weighted by Gasteiger charge is 2.34. The molecule has 2 atom stereocenters. The van der Waals surface area contributed by atoms with Crippen LogP contribution in [0.15, 0.2) is 18.3 Å². The van der Waals surface area contributed by atoms with E-state index in [0.717, 1.165) is 5.92 Å². The Morgan fingerprint density at radius 1 is 1.10 bits per heavy atom. The van der Waals surface area contributed by atoms with Gasteiger partial charge in [-0.25, -0.2) is 0 Å². The molecule has 0 spiro atoms. The topological polar surface area (TPSA) is 24.9 Å². The Morgan fingerprint density at radius 2 is 1.85 bits per heavy atom. The van der Waals surface area contributed by atoms with E-state index in [2.05, 4.69) is 24.5 Å². The molecule has 2 nitrogen and oxygen atoms in total. The molecule has 1 aromatic heterocycles. The lowest BCUT2D eigenvalue weighted by Crippen LogP contribution is -2.39. The van der Waals surface area contributed by atoms with Crippen LogP contribution in [-0.2, 0) is 6.42 Å². The van der Waals surface area contributed by atoms with Crippen LogP contribution in [-0.4, -0.2) is 18.1 Å². The van der Waals surface area contributed by atoms with Gasteiger partial charge in [0.25, 0.3) is 0 Å². The van der Waals surface area contributed by atoms with Crippen LogP contribution < -0.4 is 5.32 Å². The summed E-state index contributed by atoms with van der Waals surface area (Å²) in [4.78, 5) is 4.71. The highest BCUT2D eigenvalue weighted by atomic mass is 14.9. The van der Waals surface area contributed by atoms with E-state index in [9.17, 15) is 0 Å². The summed E-state index contributed by atoms with van der Waals surface area (Å²) in [6.07, 6.45) is 14.5. The van der Waals surface area contributed by atoms with Crippen LogP contribution in [0.25, 0.3) is 0 Å². The van der Waals surface area contributed by atoms with Crippen molar-refractivity contribution in [3.63, 3.8) is 0 Å². The van der Waals surface area contributed by atoms with E-state index in [1.165, 1.54) is 69.0 Å². The van der Waals surface area contributed by atoms with Gasteiger partial charge < -0.3 is 5.32 Å². The number of likely N-dealkylation sites (N-methyl/N-ethyl adjacent to an activating group) is 1. The van der Waals surface area contributed by atoms with Gasteiger partial charge in [0.05, 0.1) is 0 Å². The molecule has 110 valence electrons. The molecule has 2 aliphatic carbocycles. The summed E-state index contributed by atoms with van der Waals surface area (Å²) < 4.78 is 0. The van der Waals surface area contributed by atoms with Gasteiger partial charge in [-0.3, -0.25) is 4.98 Å². The van der Waals surface area contributed by atoms with Crippen LogP contribution in [0.2, 0.25) is 0 Å². The molecule has 0 bridgehead atoms. The standard InChI is InChI=1S/C18H28N2/c1-19-17(14-8-5-3-2-4-6-9-14)16-12-11-15-10-7-13-20-18(15)16/h7,10,13-14,16-17,19H,2-6,8-9,11-12H2,1H3. The minimum absolute atomic E-state index is 0.629. The number of rotatable bonds is 3. The average molecular weight is 272 g/mol. The number of aromatic nitrogens is 1. The maximum Gasteiger partial charge on any atom is 0.0482 e. The summed E-state index contributed by atoms with van der Waals surface area (Å²) >= 11 is 0. The molecule has 1 saturated carbocycles. The van der Waals surface area contributed by atoms with E-state index in [0.29, 0.717) is 12.0 Å². The normalized spacial score (nSPS) is 25.8. The van der Waals surface area contributed by atoms with Gasteiger partial charge in [-0.15, -0.1) is 0 Å². The van der Waals surface area contributed by atoms with Crippen molar-refractivity contribution in [3.05, 3.63) is 29.6 Å². The van der Waals surface area contributed by atoms with E-state index in [1.807, 2.05) is 6.20 Å². The van der Waals surface area contributed by atoms with Crippen molar-refractivity contribution in [1.29, 1.82) is 0 Å². The number of nitrogens with one attached hydrogen (secondary N) is 1. The van der Waals surface area contributed by atoms with E-state index in [4.69, 9.17) is 4.98 Å². The van der Waals surface area contributed by atoms with Crippen molar-refractivity contribution in [1.82, 2.24) is 10.3 Å². The number of nitrogens with zero attached hydrogens (tertiary/aromatic N) is 1. The second kappa shape index (κ2) is 6.71. The first-order chi connectivity index (χ1) is 9.90. The molecule has 20 heavy (non-hydrogen) atoms. The largest absolute Gasteiger partial charge is 0.316 e. The number of pyridine rings is 1. The summed E-state index contributed by atoms with van der Waals surface area (Å²) in [6, 6.07) is 4.99. The van der Waals surface area contributed by atoms with Gasteiger partial charge in [0, 0.05) is 23.9 Å². The van der Waals surface area contributed by atoms with E-state index >= 15 is 0 Å². The van der Waals surface area contributed by atoms with Gasteiger partial charge in [-0.05, 0) is 50.3 Å². The zero-order valence-electron chi connectivity index (χ0n) is 12.8. The molecular formula is C18H28N2. The first kappa shape index (κ1) is 14.1. The van der Waals surface area contributed by atoms with Crippen LogP contribution >= 0.6 is 0 Å². The molecule has 2 aliphatic rings. The fourth-order valence-corrected chi connectivity index (χ4v) is 4.41. The Kier molecular flexibility index (Phi) is 4.72. The third kappa shape index (κ3) is 2.90. The van der Waals surface area contributed by atoms with Crippen molar-refractivity contribution >= 4 is 0 Å². The number of hydrogen-bond donors (Lipinski definition) is 1. The lowest BCUT2D eigenvalue weighted by Gasteiger charge is -2.33. The van der Waals surface area contributed by atoms with Crippen molar-refractivity contribution in [3.8, 4) is 0 Å². The SMILES string of the molecule is CNC(C1CCCCCCC1)C1CCc2cccnc21. The first-order valence-electron chi connectivity index (χ1n) is 8.51. The predicted octanol–water partition coefficient (Wildman–Crippen LogP) is 4.06. The highest BCUT2D eigenvalue weighted by molar-refractivity contribution is 5.30. The summed E-state index contributed by atoms with van der Waals surface area (Å²) in [5.74, 6) is 1.49. The molecule has 1 heterocycles. The summed E-state index contributed by atoms with van der Waals surface area (Å²) in [5.41, 5.74) is 2.87. The predicted molar refractivity (Wildman–Crippen MR) is 84.0 cm³/mol. The molecule has 1 fully saturated rings. The quantitative estimate of drug-likeness (QED) is 0.897. The summed E-state index contributed by atoms with van der Waals surface area (Å²) in [7, 11) is 2.16. The summed E-state index contributed by atoms with van der Waals surface area (Å²) in [5, 5.41) is 3.66. The maximum absolute atomic E-state index is 4.71. The van der Waals surface area contributed by atoms with Crippen LogP contribution in [0.4, 0.5) is 0 Å². The molecule has 2 unspecified atom stereocenters. The number of fused-ring (bicyclic) bond motifs is 1. The number of aryl methyl sites for hydroxylation is 1. The molecule has 1 aromatic rings. The molecular weight excluding hydrogens is 244 g/mol. The molecule has 0 aliphatic heterocycles. The van der Waals surface area contributed by atoms with Crippen molar-refractivity contribution < 1.29 is 0 Å². The zero-order chi connectivity index (χ0) is 13.8. The monoisotopic (exact) mass is 272 g/mol. The summed E-state index contributed by atoms with van der Waals surface area (Å²) in [6.45, 7) is 0. The Balaban J connectivity index is 1.76. The third-order valence-electron chi connectivity index (χ3n) is 5.43. The Labute approximate surface area is 123 Å². The van der Waals surface area contributed by atoms with E-state index < -0.39 is 0 Å². The molecule has 3 rings (SSSR count). The van der Waals surface area contributed by atoms with Crippen LogP contribution in [0.1, 0.15) is 68.5 Å². The first-order valence-corrected chi connectivity index (χ1v) is 8.51. The van der Waals surface area contributed by atoms with Gasteiger partial charge in [0.2, 0.25) is 0 Å². The van der Waals surface area contributed by atoms with Crippen LogP contribution in [0.5, 0.6) is 0 Å². The lowest BCUT2D eigenvalue weighted by atomic mass is 9.79. The van der Waals surface area contributed by atoms with Gasteiger partial charge in [-0.2, -0.15) is 0 Å². The lowest BCUT2D eigenvalue weighted by molar-refractivity contribution is 0.261. The number of hydrogen-bond acceptors (Lipinski definition) is 2. The molecule has 2 heteroatoms. The Hall–Kier alpha value is -0.890. The smallest absolute Gasteiger partial charge is 0.0482 e. The van der Waals surface area contributed by atoms with Gasteiger partial charge >= 0.3 is 0 Å². The fourth-order valence-electron chi connectivity index (χ4n) is 4.41. The van der Waals surface area contributed by atoms with Gasteiger partial charge in [-0.1, -0.05) is 38.2 Å². The minimum atomic E-state index is 0.629. The van der Waals surface area contributed by atoms with Crippen LogP contribution in [0.3, 0.4) is 0 Å². The molecule has 1 N–H and O–H groups in total. The van der Waals surface area contributed by atoms with Gasteiger partial charge in [0.1, 0.15) is 0 Å². The van der Waals surface area contributed by atoms with Crippen molar-refractivity contribution in [2.45, 2.75) is 69.7 Å². The average Bonchev–Trinajstić information content (AvgIpc) is 2.86. The molecule has 0 aromatic carbocycles. The molecule has 0 radical (unpaired) electrons. The fraction of sp³-hybridized carbons (Fsp3) is 0.722. The second-order valence-corrected chi connectivity index (χ2v) is 6.61. The van der Waals surface area contributed by atoms with Crippen molar-refractivity contribution in [2.75, 3.05) is 7.05 Å². The van der Waals surface area contributed by atoms with E-state index in [1.54, 1.807) is 0 Å². The highest BCUT2D eigenvalue weighted by Crippen LogP contribution is 2.39. The second-order valence-electron chi connectivity index (χ2n) is 6.61. The van der Waals surface area contributed by atoms with Gasteiger partial charge in [0.15, 0.2) is 0 Å².